The zero-order valence-corrected chi connectivity index (χ0v) is 12.8. The second kappa shape index (κ2) is 4.91. The van der Waals surface area contributed by atoms with Gasteiger partial charge in [-0.1, -0.05) is 26.2 Å². The molecular formula is C8H13BF3KN2. The van der Waals surface area contributed by atoms with Crippen molar-refractivity contribution in [1.29, 1.82) is 0 Å². The second-order valence-corrected chi connectivity index (χ2v) is 4.43. The van der Waals surface area contributed by atoms with Crippen LogP contribution in [-0.2, 0) is 12.5 Å². The molecule has 80 valence electrons. The van der Waals surface area contributed by atoms with Gasteiger partial charge in [-0.3, -0.25) is 4.68 Å². The first-order valence-electron chi connectivity index (χ1n) is 4.36. The van der Waals surface area contributed by atoms with E-state index in [0.29, 0.717) is 0 Å². The van der Waals surface area contributed by atoms with E-state index in [1.54, 1.807) is 20.8 Å². The number of hydrogen-bond acceptors (Lipinski definition) is 1. The van der Waals surface area contributed by atoms with Crippen molar-refractivity contribution in [3.8, 4) is 0 Å². The molecule has 0 aliphatic heterocycles. The molecule has 1 aromatic heterocycles. The largest absolute Gasteiger partial charge is 1.00 e. The monoisotopic (exact) mass is 244 g/mol. The van der Waals surface area contributed by atoms with Crippen molar-refractivity contribution in [3.05, 3.63) is 11.9 Å². The predicted octanol–water partition coefficient (Wildman–Crippen LogP) is -1.22. The van der Waals surface area contributed by atoms with Gasteiger partial charge in [-0.05, 0) is 6.20 Å². The predicted molar refractivity (Wildman–Crippen MR) is 50.6 cm³/mol. The topological polar surface area (TPSA) is 17.8 Å². The Morgan fingerprint density at radius 2 is 1.73 bits per heavy atom. The molecule has 0 bridgehead atoms. The fourth-order valence-corrected chi connectivity index (χ4v) is 1.33. The van der Waals surface area contributed by atoms with Crippen molar-refractivity contribution in [3.63, 3.8) is 0 Å². The van der Waals surface area contributed by atoms with E-state index in [0.717, 1.165) is 6.20 Å². The number of halogens is 3. The Morgan fingerprint density at radius 1 is 1.27 bits per heavy atom. The zero-order chi connectivity index (χ0) is 11.1. The van der Waals surface area contributed by atoms with Gasteiger partial charge in [0.25, 0.3) is 0 Å². The van der Waals surface area contributed by atoms with E-state index in [4.69, 9.17) is 0 Å². The molecule has 0 aliphatic carbocycles. The van der Waals surface area contributed by atoms with Gasteiger partial charge in [-0.15, -0.1) is 0 Å². The Balaban J connectivity index is 0.00000196. The molecule has 0 saturated carbocycles. The average Bonchev–Trinajstić information content (AvgIpc) is 2.27. The van der Waals surface area contributed by atoms with E-state index in [9.17, 15) is 12.9 Å². The van der Waals surface area contributed by atoms with Gasteiger partial charge in [0.05, 0.1) is 0 Å². The van der Waals surface area contributed by atoms with Gasteiger partial charge in [-0.2, -0.15) is 5.10 Å². The average molecular weight is 244 g/mol. The first-order chi connectivity index (χ1) is 6.12. The number of rotatable bonds is 1. The molecule has 7 heteroatoms. The minimum Gasteiger partial charge on any atom is -0.445 e. The molecule has 0 amide bonds. The molecule has 0 aromatic carbocycles. The summed E-state index contributed by atoms with van der Waals surface area (Å²) in [5.74, 6) is 0. The summed E-state index contributed by atoms with van der Waals surface area (Å²) in [5, 5.41) is 3.86. The molecule has 1 aromatic rings. The smallest absolute Gasteiger partial charge is 0.445 e. The van der Waals surface area contributed by atoms with Gasteiger partial charge in [0.15, 0.2) is 0 Å². The van der Waals surface area contributed by atoms with E-state index in [2.05, 4.69) is 5.10 Å². The van der Waals surface area contributed by atoms with Gasteiger partial charge >= 0.3 is 58.4 Å². The third-order valence-corrected chi connectivity index (χ3v) is 1.92. The maximum Gasteiger partial charge on any atom is 1.00 e. The van der Waals surface area contributed by atoms with E-state index < -0.39 is 17.9 Å². The van der Waals surface area contributed by atoms with Gasteiger partial charge in [0.2, 0.25) is 0 Å². The fraction of sp³-hybridized carbons (Fsp3) is 0.625. The van der Waals surface area contributed by atoms with E-state index in [1.807, 2.05) is 0 Å². The molecule has 0 saturated heterocycles. The van der Waals surface area contributed by atoms with E-state index >= 15 is 0 Å². The zero-order valence-electron chi connectivity index (χ0n) is 9.68. The molecule has 0 atom stereocenters. The van der Waals surface area contributed by atoms with Crippen molar-refractivity contribution < 1.29 is 64.3 Å². The quantitative estimate of drug-likeness (QED) is 0.566. The van der Waals surface area contributed by atoms with E-state index in [1.165, 1.54) is 11.7 Å². The van der Waals surface area contributed by atoms with Crippen LogP contribution in [0.2, 0.25) is 0 Å². The minimum absolute atomic E-state index is 0. The van der Waals surface area contributed by atoms with Crippen molar-refractivity contribution in [2.75, 3.05) is 0 Å². The molecule has 2 nitrogen and oxygen atoms in total. The van der Waals surface area contributed by atoms with Crippen LogP contribution < -0.4 is 56.8 Å². The maximum atomic E-state index is 12.6. The summed E-state index contributed by atoms with van der Waals surface area (Å²) in [4.78, 5) is 0. The SMILES string of the molecule is Cn1cc([B-](F)(F)F)c(C(C)(C)C)n1.[K+]. The van der Waals surface area contributed by atoms with Gasteiger partial charge in [-0.25, -0.2) is 0 Å². The number of aryl methyl sites for hydroxylation is 1. The van der Waals surface area contributed by atoms with E-state index in [-0.39, 0.29) is 57.1 Å². The van der Waals surface area contributed by atoms with Crippen LogP contribution in [0.4, 0.5) is 12.9 Å². The molecule has 0 unspecified atom stereocenters. The minimum atomic E-state index is -4.96. The Bertz CT molecular complexity index is 309. The van der Waals surface area contributed by atoms with Gasteiger partial charge in [0.1, 0.15) is 0 Å². The normalized spacial score (nSPS) is 12.5. The van der Waals surface area contributed by atoms with Crippen LogP contribution in [0.25, 0.3) is 0 Å². The van der Waals surface area contributed by atoms with Crippen molar-refractivity contribution in [1.82, 2.24) is 9.78 Å². The maximum absolute atomic E-state index is 12.6. The second-order valence-electron chi connectivity index (χ2n) is 4.43. The molecule has 0 fully saturated rings. The number of aromatic nitrogens is 2. The summed E-state index contributed by atoms with van der Waals surface area (Å²) < 4.78 is 39.0. The summed E-state index contributed by atoms with van der Waals surface area (Å²) in [6.45, 7) is 0.204. The summed E-state index contributed by atoms with van der Waals surface area (Å²) in [5.41, 5.74) is -1.04. The van der Waals surface area contributed by atoms with Crippen LogP contribution in [0.1, 0.15) is 26.5 Å². The molecule has 1 rings (SSSR count). The number of hydrogen-bond donors (Lipinski definition) is 0. The van der Waals surface area contributed by atoms with Crippen LogP contribution in [0.5, 0.6) is 0 Å². The third kappa shape index (κ3) is 3.89. The molecule has 1 heterocycles. The van der Waals surface area contributed by atoms with Crippen LogP contribution in [0.15, 0.2) is 6.20 Å². The van der Waals surface area contributed by atoms with Crippen molar-refractivity contribution in [2.45, 2.75) is 26.2 Å². The summed E-state index contributed by atoms with van der Waals surface area (Å²) in [7, 11) is 1.50. The Kier molecular flexibility index (Phi) is 5.14. The van der Waals surface area contributed by atoms with Crippen LogP contribution >= 0.6 is 0 Å². The molecule has 0 N–H and O–H groups in total. The Morgan fingerprint density at radius 3 is 2.00 bits per heavy atom. The molecule has 15 heavy (non-hydrogen) atoms. The first kappa shape index (κ1) is 15.7. The van der Waals surface area contributed by atoms with Crippen LogP contribution in [-0.4, -0.2) is 16.8 Å². The van der Waals surface area contributed by atoms with Crippen molar-refractivity contribution in [2.24, 2.45) is 7.05 Å². The Labute approximate surface area is 130 Å². The summed E-state index contributed by atoms with van der Waals surface area (Å²) >= 11 is 0. The fourth-order valence-electron chi connectivity index (χ4n) is 1.33. The molecule has 0 aliphatic rings. The van der Waals surface area contributed by atoms with Crippen molar-refractivity contribution >= 4 is 12.4 Å². The van der Waals surface area contributed by atoms with Crippen LogP contribution in [0, 0.1) is 0 Å². The summed E-state index contributed by atoms with van der Waals surface area (Å²) in [6, 6.07) is 0. The number of nitrogens with zero attached hydrogens (tertiary/aromatic N) is 2. The first-order valence-corrected chi connectivity index (χ1v) is 4.36. The molecule has 0 radical (unpaired) electrons. The van der Waals surface area contributed by atoms with Gasteiger partial charge in [0, 0.05) is 18.2 Å². The molecular weight excluding hydrogens is 231 g/mol. The standard InChI is InChI=1S/C8H13BF3N2.K/c1-8(2,3)7-6(9(10,11)12)5-14(4)13-7;/h5H,1-4H3;/q-1;+1. The molecule has 0 spiro atoms. The van der Waals surface area contributed by atoms with Gasteiger partial charge < -0.3 is 12.9 Å². The Hall–Kier alpha value is 0.701. The summed E-state index contributed by atoms with van der Waals surface area (Å²) in [6.07, 6.45) is 1.04. The van der Waals surface area contributed by atoms with Crippen LogP contribution in [0.3, 0.4) is 0 Å². The third-order valence-electron chi connectivity index (χ3n) is 1.92.